The molecule has 0 bridgehead atoms. The molecule has 2 heterocycles. The molecule has 5 nitrogen and oxygen atoms in total. The van der Waals surface area contributed by atoms with Gasteiger partial charge in [-0.3, -0.25) is 0 Å². The standard InChI is InChI=1S/C14H18N2O3S/c1-9-6-16(7-10(2)19-9)14(20)15-11-3-4-12-13(5-11)18-8-17-12/h3-5,9-10H,6-8H2,1-2H3,(H,15,20). The minimum atomic E-state index is 0.190. The lowest BCUT2D eigenvalue weighted by Gasteiger charge is -2.36. The molecule has 2 aliphatic heterocycles. The van der Waals surface area contributed by atoms with E-state index in [2.05, 4.69) is 24.1 Å². The molecule has 0 radical (unpaired) electrons. The molecule has 0 spiro atoms. The van der Waals surface area contributed by atoms with Crippen molar-refractivity contribution in [2.45, 2.75) is 26.1 Å². The van der Waals surface area contributed by atoms with Gasteiger partial charge in [-0.25, -0.2) is 0 Å². The normalized spacial score (nSPS) is 24.6. The molecule has 6 heteroatoms. The molecule has 3 rings (SSSR count). The first-order valence-electron chi connectivity index (χ1n) is 6.73. The number of ether oxygens (including phenoxy) is 3. The van der Waals surface area contributed by atoms with Crippen molar-refractivity contribution in [1.82, 2.24) is 4.90 Å². The number of anilines is 1. The molecule has 2 unspecified atom stereocenters. The van der Waals surface area contributed by atoms with E-state index < -0.39 is 0 Å². The van der Waals surface area contributed by atoms with Crippen LogP contribution in [0.2, 0.25) is 0 Å². The van der Waals surface area contributed by atoms with Crippen LogP contribution in [0.4, 0.5) is 5.69 Å². The minimum Gasteiger partial charge on any atom is -0.454 e. The maximum absolute atomic E-state index is 5.71. The zero-order chi connectivity index (χ0) is 14.1. The molecule has 0 aromatic heterocycles. The number of morpholine rings is 1. The number of hydrogen-bond donors (Lipinski definition) is 1. The summed E-state index contributed by atoms with van der Waals surface area (Å²) in [5, 5.41) is 3.96. The molecule has 1 aromatic rings. The minimum absolute atomic E-state index is 0.190. The first-order valence-corrected chi connectivity index (χ1v) is 7.13. The number of nitrogens with one attached hydrogen (secondary N) is 1. The van der Waals surface area contributed by atoms with Crippen molar-refractivity contribution in [2.24, 2.45) is 0 Å². The molecule has 1 saturated heterocycles. The quantitative estimate of drug-likeness (QED) is 0.801. The predicted molar refractivity (Wildman–Crippen MR) is 80.4 cm³/mol. The Kier molecular flexibility index (Phi) is 3.67. The van der Waals surface area contributed by atoms with Crippen molar-refractivity contribution >= 4 is 23.0 Å². The summed E-state index contributed by atoms with van der Waals surface area (Å²) in [7, 11) is 0. The summed E-state index contributed by atoms with van der Waals surface area (Å²) in [6, 6.07) is 5.73. The monoisotopic (exact) mass is 294 g/mol. The Bertz CT molecular complexity index is 513. The van der Waals surface area contributed by atoms with E-state index in [9.17, 15) is 0 Å². The number of hydrogen-bond acceptors (Lipinski definition) is 4. The molecule has 1 N–H and O–H groups in total. The largest absolute Gasteiger partial charge is 0.454 e. The van der Waals surface area contributed by atoms with Gasteiger partial charge in [0, 0.05) is 24.8 Å². The van der Waals surface area contributed by atoms with E-state index in [0.717, 1.165) is 30.3 Å². The lowest BCUT2D eigenvalue weighted by Crippen LogP contribution is -2.49. The molecular weight excluding hydrogens is 276 g/mol. The van der Waals surface area contributed by atoms with Gasteiger partial charge in [0.15, 0.2) is 16.6 Å². The second-order valence-corrected chi connectivity index (χ2v) is 5.55. The van der Waals surface area contributed by atoms with Gasteiger partial charge < -0.3 is 24.4 Å². The Balaban J connectivity index is 1.66. The molecule has 1 fully saturated rings. The fourth-order valence-corrected chi connectivity index (χ4v) is 2.79. The molecule has 0 aliphatic carbocycles. The zero-order valence-corrected chi connectivity index (χ0v) is 12.4. The number of benzene rings is 1. The van der Waals surface area contributed by atoms with Gasteiger partial charge in [-0.15, -0.1) is 0 Å². The molecule has 0 amide bonds. The highest BCUT2D eigenvalue weighted by Gasteiger charge is 2.24. The molecule has 0 saturated carbocycles. The van der Waals surface area contributed by atoms with Crippen molar-refractivity contribution in [3.05, 3.63) is 18.2 Å². The molecule has 2 atom stereocenters. The Morgan fingerprint density at radius 1 is 1.20 bits per heavy atom. The summed E-state index contributed by atoms with van der Waals surface area (Å²) in [4.78, 5) is 2.14. The van der Waals surface area contributed by atoms with Crippen LogP contribution in [0.15, 0.2) is 18.2 Å². The van der Waals surface area contributed by atoms with Crippen molar-refractivity contribution in [3.63, 3.8) is 0 Å². The molecule has 2 aliphatic rings. The van der Waals surface area contributed by atoms with E-state index in [1.165, 1.54) is 0 Å². The summed E-state index contributed by atoms with van der Waals surface area (Å²) in [6.45, 7) is 6.01. The number of rotatable bonds is 1. The van der Waals surface area contributed by atoms with E-state index in [0.29, 0.717) is 5.11 Å². The highest BCUT2D eigenvalue weighted by atomic mass is 32.1. The third-order valence-electron chi connectivity index (χ3n) is 3.33. The highest BCUT2D eigenvalue weighted by molar-refractivity contribution is 7.80. The van der Waals surface area contributed by atoms with Gasteiger partial charge in [-0.1, -0.05) is 0 Å². The van der Waals surface area contributed by atoms with E-state index in [1.54, 1.807) is 0 Å². The first kappa shape index (κ1) is 13.5. The van der Waals surface area contributed by atoms with Crippen LogP contribution in [0, 0.1) is 0 Å². The van der Waals surface area contributed by atoms with Crippen LogP contribution in [-0.4, -0.2) is 42.1 Å². The van der Waals surface area contributed by atoms with Gasteiger partial charge >= 0.3 is 0 Å². The van der Waals surface area contributed by atoms with E-state index in [4.69, 9.17) is 26.4 Å². The van der Waals surface area contributed by atoms with Crippen molar-refractivity contribution in [2.75, 3.05) is 25.2 Å². The Labute approximate surface area is 123 Å². The van der Waals surface area contributed by atoms with Crippen molar-refractivity contribution < 1.29 is 14.2 Å². The molecular formula is C14H18N2O3S. The van der Waals surface area contributed by atoms with Crippen LogP contribution in [0.1, 0.15) is 13.8 Å². The molecule has 20 heavy (non-hydrogen) atoms. The average molecular weight is 294 g/mol. The molecule has 108 valence electrons. The first-order chi connectivity index (χ1) is 9.61. The van der Waals surface area contributed by atoms with Gasteiger partial charge in [0.1, 0.15) is 0 Å². The number of thiocarbonyl (C=S) groups is 1. The smallest absolute Gasteiger partial charge is 0.231 e. The summed E-state index contributed by atoms with van der Waals surface area (Å²) >= 11 is 5.48. The van der Waals surface area contributed by atoms with Gasteiger partial charge in [-0.05, 0) is 38.2 Å². The van der Waals surface area contributed by atoms with Crippen molar-refractivity contribution in [1.29, 1.82) is 0 Å². The molecule has 1 aromatic carbocycles. The summed E-state index contributed by atoms with van der Waals surface area (Å²) < 4.78 is 16.4. The van der Waals surface area contributed by atoms with Crippen LogP contribution < -0.4 is 14.8 Å². The van der Waals surface area contributed by atoms with E-state index in [-0.39, 0.29) is 19.0 Å². The summed E-state index contributed by atoms with van der Waals surface area (Å²) in [6.07, 6.45) is 0.380. The third kappa shape index (κ3) is 2.81. The lowest BCUT2D eigenvalue weighted by atomic mass is 10.2. The zero-order valence-electron chi connectivity index (χ0n) is 11.6. The number of fused-ring (bicyclic) bond motifs is 1. The topological polar surface area (TPSA) is 43.0 Å². The number of nitrogens with zero attached hydrogens (tertiary/aromatic N) is 1. The highest BCUT2D eigenvalue weighted by Crippen LogP contribution is 2.34. The Hall–Kier alpha value is -1.53. The lowest BCUT2D eigenvalue weighted by molar-refractivity contribution is -0.0473. The fraction of sp³-hybridized carbons (Fsp3) is 0.500. The van der Waals surface area contributed by atoms with Crippen LogP contribution in [-0.2, 0) is 4.74 Å². The average Bonchev–Trinajstić information content (AvgIpc) is 2.85. The van der Waals surface area contributed by atoms with Gasteiger partial charge in [0.2, 0.25) is 6.79 Å². The SMILES string of the molecule is CC1CN(C(=S)Nc2ccc3c(c2)OCO3)CC(C)O1. The fourth-order valence-electron chi connectivity index (χ4n) is 2.52. The maximum Gasteiger partial charge on any atom is 0.231 e. The van der Waals surface area contributed by atoms with Gasteiger partial charge in [0.25, 0.3) is 0 Å². The van der Waals surface area contributed by atoms with Crippen LogP contribution in [0.3, 0.4) is 0 Å². The second-order valence-electron chi connectivity index (χ2n) is 5.16. The van der Waals surface area contributed by atoms with Crippen molar-refractivity contribution in [3.8, 4) is 11.5 Å². The predicted octanol–water partition coefficient (Wildman–Crippen LogP) is 2.22. The Morgan fingerprint density at radius 3 is 2.65 bits per heavy atom. The van der Waals surface area contributed by atoms with Crippen LogP contribution in [0.25, 0.3) is 0 Å². The van der Waals surface area contributed by atoms with Gasteiger partial charge in [-0.2, -0.15) is 0 Å². The van der Waals surface area contributed by atoms with Crippen LogP contribution >= 0.6 is 12.2 Å². The van der Waals surface area contributed by atoms with Gasteiger partial charge in [0.05, 0.1) is 12.2 Å². The van der Waals surface area contributed by atoms with E-state index in [1.807, 2.05) is 18.2 Å². The van der Waals surface area contributed by atoms with Crippen LogP contribution in [0.5, 0.6) is 11.5 Å². The summed E-state index contributed by atoms with van der Waals surface area (Å²) in [5.41, 5.74) is 0.908. The summed E-state index contributed by atoms with van der Waals surface area (Å²) in [5.74, 6) is 1.52. The third-order valence-corrected chi connectivity index (χ3v) is 3.69. The van der Waals surface area contributed by atoms with E-state index >= 15 is 0 Å². The maximum atomic E-state index is 5.71. The Morgan fingerprint density at radius 2 is 1.90 bits per heavy atom. The second kappa shape index (κ2) is 5.46.